The number of aryl methyl sites for hydroxylation is 2. The summed E-state index contributed by atoms with van der Waals surface area (Å²) in [6.45, 7) is 4.07. The second kappa shape index (κ2) is 6.79. The molecule has 1 atom stereocenters. The molecule has 0 fully saturated rings. The summed E-state index contributed by atoms with van der Waals surface area (Å²) in [5.41, 5.74) is 4.63. The predicted molar refractivity (Wildman–Crippen MR) is 93.7 cm³/mol. The van der Waals surface area contributed by atoms with Crippen molar-refractivity contribution in [3.8, 4) is 0 Å². The topological polar surface area (TPSA) is 46.9 Å². The van der Waals surface area contributed by atoms with Crippen LogP contribution < -0.4 is 5.32 Å². The lowest BCUT2D eigenvalue weighted by molar-refractivity contribution is -0.121. The van der Waals surface area contributed by atoms with Gasteiger partial charge in [0.1, 0.15) is 0 Å². The number of aromatic nitrogens is 2. The Balaban J connectivity index is 1.62. The molecule has 0 spiro atoms. The van der Waals surface area contributed by atoms with Crippen LogP contribution in [0.4, 0.5) is 0 Å². The van der Waals surface area contributed by atoms with E-state index < -0.39 is 0 Å². The van der Waals surface area contributed by atoms with Crippen molar-refractivity contribution in [2.24, 2.45) is 7.05 Å². The number of carbonyl (C=O) groups excluding carboxylic acids is 1. The molecule has 122 valence electrons. The van der Waals surface area contributed by atoms with E-state index in [4.69, 9.17) is 0 Å². The van der Waals surface area contributed by atoms with Gasteiger partial charge in [0.05, 0.1) is 11.7 Å². The molecule has 1 unspecified atom stereocenters. The zero-order chi connectivity index (χ0) is 16.4. The van der Waals surface area contributed by atoms with E-state index in [1.807, 2.05) is 36.5 Å². The van der Waals surface area contributed by atoms with Gasteiger partial charge < -0.3 is 5.32 Å². The van der Waals surface area contributed by atoms with E-state index in [0.717, 1.165) is 30.0 Å². The highest BCUT2D eigenvalue weighted by Gasteiger charge is 2.22. The summed E-state index contributed by atoms with van der Waals surface area (Å²) >= 11 is 1.87. The minimum absolute atomic E-state index is 0.124. The molecule has 2 heterocycles. The third kappa shape index (κ3) is 3.44. The standard InChI is InChI=1S/C18H23N3OS/c1-12-14(13(2)21(3)20-12)8-9-18(22)19-16-10-11-23-17-7-5-4-6-15(16)17/h4-7,16H,8-11H2,1-3H3,(H,19,22). The highest BCUT2D eigenvalue weighted by Crippen LogP contribution is 2.35. The van der Waals surface area contributed by atoms with Gasteiger partial charge in [0.15, 0.2) is 0 Å². The molecule has 1 aliphatic heterocycles. The van der Waals surface area contributed by atoms with Crippen LogP contribution in [0, 0.1) is 13.8 Å². The summed E-state index contributed by atoms with van der Waals surface area (Å²) in [7, 11) is 1.95. The van der Waals surface area contributed by atoms with E-state index in [2.05, 4.69) is 35.5 Å². The molecule has 1 aromatic carbocycles. The van der Waals surface area contributed by atoms with Gasteiger partial charge in [0.2, 0.25) is 5.91 Å². The van der Waals surface area contributed by atoms with E-state index in [-0.39, 0.29) is 11.9 Å². The Morgan fingerprint density at radius 1 is 1.39 bits per heavy atom. The smallest absolute Gasteiger partial charge is 0.220 e. The summed E-state index contributed by atoms with van der Waals surface area (Å²) in [5, 5.41) is 7.63. The minimum atomic E-state index is 0.124. The van der Waals surface area contributed by atoms with Crippen molar-refractivity contribution < 1.29 is 4.79 Å². The molecule has 1 N–H and O–H groups in total. The first kappa shape index (κ1) is 16.1. The van der Waals surface area contributed by atoms with Crippen molar-refractivity contribution >= 4 is 17.7 Å². The Morgan fingerprint density at radius 3 is 2.91 bits per heavy atom. The van der Waals surface area contributed by atoms with Gasteiger partial charge >= 0.3 is 0 Å². The van der Waals surface area contributed by atoms with Crippen LogP contribution >= 0.6 is 11.8 Å². The Hall–Kier alpha value is -1.75. The van der Waals surface area contributed by atoms with Crippen molar-refractivity contribution in [2.75, 3.05) is 5.75 Å². The summed E-state index contributed by atoms with van der Waals surface area (Å²) < 4.78 is 1.89. The van der Waals surface area contributed by atoms with E-state index in [9.17, 15) is 4.79 Å². The molecule has 0 saturated carbocycles. The monoisotopic (exact) mass is 329 g/mol. The molecule has 0 saturated heterocycles. The third-order valence-corrected chi connectivity index (χ3v) is 5.68. The van der Waals surface area contributed by atoms with Crippen LogP contribution in [-0.2, 0) is 18.3 Å². The molecule has 2 aromatic rings. The SMILES string of the molecule is Cc1nn(C)c(C)c1CCC(=O)NC1CCSc2ccccc21. The first-order valence-corrected chi connectivity index (χ1v) is 9.05. The Labute approximate surface area is 141 Å². The Morgan fingerprint density at radius 2 is 2.17 bits per heavy atom. The number of rotatable bonds is 4. The average Bonchev–Trinajstić information content (AvgIpc) is 2.78. The van der Waals surface area contributed by atoms with E-state index in [0.29, 0.717) is 6.42 Å². The number of fused-ring (bicyclic) bond motifs is 1. The van der Waals surface area contributed by atoms with Gasteiger partial charge in [0, 0.05) is 29.8 Å². The van der Waals surface area contributed by atoms with Crippen LogP contribution in [0.15, 0.2) is 29.2 Å². The normalized spacial score (nSPS) is 16.9. The summed E-state index contributed by atoms with van der Waals surface area (Å²) in [6.07, 6.45) is 2.26. The van der Waals surface area contributed by atoms with Crippen LogP contribution in [0.25, 0.3) is 0 Å². The molecular weight excluding hydrogens is 306 g/mol. The van der Waals surface area contributed by atoms with Crippen LogP contribution in [-0.4, -0.2) is 21.4 Å². The lowest BCUT2D eigenvalue weighted by Gasteiger charge is -2.25. The van der Waals surface area contributed by atoms with Gasteiger partial charge in [0.25, 0.3) is 0 Å². The summed E-state index contributed by atoms with van der Waals surface area (Å²) in [6, 6.07) is 8.52. The maximum atomic E-state index is 12.4. The van der Waals surface area contributed by atoms with Crippen molar-refractivity contribution in [3.63, 3.8) is 0 Å². The van der Waals surface area contributed by atoms with Crippen LogP contribution in [0.2, 0.25) is 0 Å². The van der Waals surface area contributed by atoms with Crippen LogP contribution in [0.1, 0.15) is 41.4 Å². The number of amides is 1. The second-order valence-electron chi connectivity index (χ2n) is 6.07. The van der Waals surface area contributed by atoms with Crippen molar-refractivity contribution in [1.82, 2.24) is 15.1 Å². The number of benzene rings is 1. The fraction of sp³-hybridized carbons (Fsp3) is 0.444. The number of carbonyl (C=O) groups is 1. The summed E-state index contributed by atoms with van der Waals surface area (Å²) in [4.78, 5) is 13.7. The molecule has 5 heteroatoms. The van der Waals surface area contributed by atoms with E-state index in [1.54, 1.807) is 0 Å². The average molecular weight is 329 g/mol. The van der Waals surface area contributed by atoms with Gasteiger partial charge in [-0.1, -0.05) is 18.2 Å². The van der Waals surface area contributed by atoms with Crippen molar-refractivity contribution in [3.05, 3.63) is 46.8 Å². The van der Waals surface area contributed by atoms with Crippen molar-refractivity contribution in [2.45, 2.75) is 44.0 Å². The first-order chi connectivity index (χ1) is 11.1. The fourth-order valence-electron chi connectivity index (χ4n) is 3.18. The maximum absolute atomic E-state index is 12.4. The Kier molecular flexibility index (Phi) is 4.76. The van der Waals surface area contributed by atoms with E-state index in [1.165, 1.54) is 16.0 Å². The molecule has 3 rings (SSSR count). The molecule has 1 aliphatic rings. The van der Waals surface area contributed by atoms with Crippen LogP contribution in [0.3, 0.4) is 0 Å². The zero-order valence-corrected chi connectivity index (χ0v) is 14.7. The number of hydrogen-bond acceptors (Lipinski definition) is 3. The van der Waals surface area contributed by atoms with Gasteiger partial charge in [-0.25, -0.2) is 0 Å². The number of nitrogens with one attached hydrogen (secondary N) is 1. The summed E-state index contributed by atoms with van der Waals surface area (Å²) in [5.74, 6) is 1.18. The van der Waals surface area contributed by atoms with Gasteiger partial charge in [-0.2, -0.15) is 5.10 Å². The molecule has 0 bridgehead atoms. The van der Waals surface area contributed by atoms with Gasteiger partial charge in [-0.05, 0) is 43.9 Å². The maximum Gasteiger partial charge on any atom is 0.220 e. The lowest BCUT2D eigenvalue weighted by atomic mass is 10.0. The van der Waals surface area contributed by atoms with Gasteiger partial charge in [-0.15, -0.1) is 11.8 Å². The molecule has 1 amide bonds. The predicted octanol–water partition coefficient (Wildman–Crippen LogP) is 3.32. The zero-order valence-electron chi connectivity index (χ0n) is 13.9. The van der Waals surface area contributed by atoms with Crippen molar-refractivity contribution in [1.29, 1.82) is 0 Å². The molecule has 0 aliphatic carbocycles. The molecule has 0 radical (unpaired) electrons. The molecular formula is C18H23N3OS. The largest absolute Gasteiger partial charge is 0.349 e. The molecule has 1 aromatic heterocycles. The van der Waals surface area contributed by atoms with E-state index >= 15 is 0 Å². The second-order valence-corrected chi connectivity index (χ2v) is 7.20. The van der Waals surface area contributed by atoms with Gasteiger partial charge in [-0.3, -0.25) is 9.48 Å². The highest BCUT2D eigenvalue weighted by molar-refractivity contribution is 7.99. The van der Waals surface area contributed by atoms with Crippen LogP contribution in [0.5, 0.6) is 0 Å². The lowest BCUT2D eigenvalue weighted by Crippen LogP contribution is -2.30. The molecule has 23 heavy (non-hydrogen) atoms. The number of hydrogen-bond donors (Lipinski definition) is 1. The minimum Gasteiger partial charge on any atom is -0.349 e. The first-order valence-electron chi connectivity index (χ1n) is 8.06. The number of thioether (sulfide) groups is 1. The fourth-order valence-corrected chi connectivity index (χ4v) is 4.30. The third-order valence-electron chi connectivity index (χ3n) is 4.55. The number of nitrogens with zero attached hydrogens (tertiary/aromatic N) is 2. The molecule has 4 nitrogen and oxygen atoms in total. The quantitative estimate of drug-likeness (QED) is 0.936. The highest BCUT2D eigenvalue weighted by atomic mass is 32.2. The Bertz CT molecular complexity index is 723.